The molecule has 0 saturated heterocycles. The fourth-order valence-corrected chi connectivity index (χ4v) is 1.03. The Morgan fingerprint density at radius 1 is 1.10 bits per heavy atom. The predicted molar refractivity (Wildman–Crippen MR) is 50.7 cm³/mol. The van der Waals surface area contributed by atoms with E-state index >= 15 is 0 Å². The van der Waals surface area contributed by atoms with Crippen LogP contribution in [0.5, 0.6) is 5.75 Å². The van der Waals surface area contributed by atoms with Crippen LogP contribution in [0.1, 0.15) is 0 Å². The molecular formula is C6H5BBr2O. The van der Waals surface area contributed by atoms with Gasteiger partial charge in [0.25, 0.3) is 0 Å². The topological polar surface area (TPSA) is 9.23 Å². The van der Waals surface area contributed by atoms with Crippen LogP contribution in [0.3, 0.4) is 0 Å². The van der Waals surface area contributed by atoms with Crippen molar-refractivity contribution >= 4 is 36.1 Å². The minimum Gasteiger partial charge on any atom is -0.541 e. The summed E-state index contributed by atoms with van der Waals surface area (Å²) in [5.74, 6) is 0.848. The summed E-state index contributed by atoms with van der Waals surface area (Å²) in [4.78, 5) is 0. The first-order chi connectivity index (χ1) is 4.79. The summed E-state index contributed by atoms with van der Waals surface area (Å²) in [5, 5.41) is 0. The third-order valence-corrected chi connectivity index (χ3v) is 1.34. The molecule has 0 bridgehead atoms. The van der Waals surface area contributed by atoms with Gasteiger partial charge in [0.15, 0.2) is 0 Å². The lowest BCUT2D eigenvalue weighted by atomic mass is 10.3. The van der Waals surface area contributed by atoms with E-state index in [0.717, 1.165) is 5.75 Å². The van der Waals surface area contributed by atoms with E-state index in [-0.39, 0.29) is 4.56 Å². The zero-order valence-electron chi connectivity index (χ0n) is 5.13. The van der Waals surface area contributed by atoms with E-state index in [2.05, 4.69) is 31.5 Å². The van der Waals surface area contributed by atoms with Gasteiger partial charge in [-0.1, -0.05) is 49.7 Å². The molecule has 0 N–H and O–H groups in total. The van der Waals surface area contributed by atoms with Gasteiger partial charge in [0.1, 0.15) is 0 Å². The van der Waals surface area contributed by atoms with Gasteiger partial charge in [-0.15, -0.1) is 0 Å². The first-order valence-electron chi connectivity index (χ1n) is 2.79. The third kappa shape index (κ3) is 2.75. The van der Waals surface area contributed by atoms with E-state index in [0.29, 0.717) is 0 Å². The smallest absolute Gasteiger partial charge is 0.514 e. The van der Waals surface area contributed by atoms with Crippen LogP contribution < -0.4 is 4.65 Å². The number of para-hydroxylation sites is 1. The van der Waals surface area contributed by atoms with Crippen molar-refractivity contribution in [1.82, 2.24) is 0 Å². The van der Waals surface area contributed by atoms with Crippen LogP contribution in [0.2, 0.25) is 0 Å². The SMILES string of the molecule is BrB(Br)Oc1ccccc1. The standard InChI is InChI=1S/C6H5BBr2O/c8-7(9)10-6-4-2-1-3-5-6/h1-5H. The summed E-state index contributed by atoms with van der Waals surface area (Å²) in [6, 6.07) is 9.60. The highest BCUT2D eigenvalue weighted by atomic mass is 79.9. The molecule has 0 radical (unpaired) electrons. The van der Waals surface area contributed by atoms with Crippen LogP contribution >= 0.6 is 31.5 Å². The van der Waals surface area contributed by atoms with Crippen LogP contribution in [-0.2, 0) is 0 Å². The first-order valence-corrected chi connectivity index (χ1v) is 4.62. The number of hydrogen-bond donors (Lipinski definition) is 0. The van der Waals surface area contributed by atoms with Gasteiger partial charge in [0, 0.05) is 0 Å². The highest BCUT2D eigenvalue weighted by Gasteiger charge is 2.05. The fourth-order valence-electron chi connectivity index (χ4n) is 0.602. The Kier molecular flexibility index (Phi) is 3.29. The molecule has 0 spiro atoms. The van der Waals surface area contributed by atoms with Gasteiger partial charge >= 0.3 is 4.56 Å². The van der Waals surface area contributed by atoms with Gasteiger partial charge < -0.3 is 4.65 Å². The molecular weight excluding hydrogens is 259 g/mol. The Bertz CT molecular complexity index is 190. The molecule has 52 valence electrons. The van der Waals surface area contributed by atoms with Gasteiger partial charge in [-0.2, -0.15) is 0 Å². The van der Waals surface area contributed by atoms with Crippen molar-refractivity contribution in [2.45, 2.75) is 0 Å². The monoisotopic (exact) mass is 262 g/mol. The molecule has 0 amide bonds. The second-order valence-electron chi connectivity index (χ2n) is 1.69. The molecule has 0 heterocycles. The van der Waals surface area contributed by atoms with Crippen LogP contribution in [0.4, 0.5) is 0 Å². The van der Waals surface area contributed by atoms with E-state index in [1.807, 2.05) is 30.3 Å². The zero-order valence-corrected chi connectivity index (χ0v) is 8.30. The zero-order chi connectivity index (χ0) is 7.40. The van der Waals surface area contributed by atoms with Crippen molar-refractivity contribution < 1.29 is 4.65 Å². The normalized spacial score (nSPS) is 9.00. The average Bonchev–Trinajstić information content (AvgIpc) is 1.88. The molecule has 0 aliphatic rings. The van der Waals surface area contributed by atoms with E-state index in [4.69, 9.17) is 4.65 Å². The second kappa shape index (κ2) is 4.03. The number of halogens is 2. The summed E-state index contributed by atoms with van der Waals surface area (Å²) in [6.45, 7) is 0. The van der Waals surface area contributed by atoms with E-state index in [9.17, 15) is 0 Å². The van der Waals surface area contributed by atoms with Crippen LogP contribution in [0, 0.1) is 0 Å². The number of hydrogen-bond acceptors (Lipinski definition) is 1. The van der Waals surface area contributed by atoms with Crippen molar-refractivity contribution in [3.8, 4) is 5.75 Å². The maximum atomic E-state index is 5.25. The molecule has 0 saturated carbocycles. The Morgan fingerprint density at radius 2 is 1.70 bits per heavy atom. The van der Waals surface area contributed by atoms with Crippen LogP contribution in [0.25, 0.3) is 0 Å². The molecule has 10 heavy (non-hydrogen) atoms. The maximum absolute atomic E-state index is 5.25. The highest BCUT2D eigenvalue weighted by Crippen LogP contribution is 2.13. The van der Waals surface area contributed by atoms with Gasteiger partial charge in [-0.25, -0.2) is 0 Å². The molecule has 0 unspecified atom stereocenters. The second-order valence-corrected chi connectivity index (χ2v) is 4.58. The van der Waals surface area contributed by atoms with Crippen molar-refractivity contribution in [2.24, 2.45) is 0 Å². The lowest BCUT2D eigenvalue weighted by Gasteiger charge is -2.02. The largest absolute Gasteiger partial charge is 0.541 e. The molecule has 0 aliphatic carbocycles. The Hall–Kier alpha value is 0.0449. The molecule has 0 aromatic heterocycles. The molecule has 1 rings (SSSR count). The lowest BCUT2D eigenvalue weighted by Crippen LogP contribution is -2.02. The average molecular weight is 264 g/mol. The number of rotatable bonds is 2. The first kappa shape index (κ1) is 8.14. The molecule has 0 aliphatic heterocycles. The molecule has 0 atom stereocenters. The van der Waals surface area contributed by atoms with Crippen molar-refractivity contribution in [3.05, 3.63) is 30.3 Å². The van der Waals surface area contributed by atoms with Gasteiger partial charge in [-0.3, -0.25) is 0 Å². The quantitative estimate of drug-likeness (QED) is 0.746. The van der Waals surface area contributed by atoms with E-state index in [1.165, 1.54) is 0 Å². The minimum atomic E-state index is -0.109. The van der Waals surface area contributed by atoms with E-state index in [1.54, 1.807) is 0 Å². The van der Waals surface area contributed by atoms with Gasteiger partial charge in [0.2, 0.25) is 0 Å². The molecule has 0 fully saturated rings. The van der Waals surface area contributed by atoms with Crippen LogP contribution in [0.15, 0.2) is 30.3 Å². The maximum Gasteiger partial charge on any atom is 0.514 e. The Morgan fingerprint density at radius 3 is 2.20 bits per heavy atom. The summed E-state index contributed by atoms with van der Waals surface area (Å²) >= 11 is 6.41. The Labute approximate surface area is 76.8 Å². The summed E-state index contributed by atoms with van der Waals surface area (Å²) in [6.07, 6.45) is 0. The van der Waals surface area contributed by atoms with Crippen molar-refractivity contribution in [3.63, 3.8) is 0 Å². The van der Waals surface area contributed by atoms with Crippen molar-refractivity contribution in [1.29, 1.82) is 0 Å². The molecule has 1 aromatic carbocycles. The minimum absolute atomic E-state index is 0.109. The van der Waals surface area contributed by atoms with Crippen molar-refractivity contribution in [2.75, 3.05) is 0 Å². The lowest BCUT2D eigenvalue weighted by molar-refractivity contribution is 0.608. The summed E-state index contributed by atoms with van der Waals surface area (Å²) < 4.78 is 5.14. The third-order valence-electron chi connectivity index (χ3n) is 0.968. The van der Waals surface area contributed by atoms with Crippen LogP contribution in [-0.4, -0.2) is 4.56 Å². The highest BCUT2D eigenvalue weighted by molar-refractivity contribution is 9.48. The summed E-state index contributed by atoms with van der Waals surface area (Å²) in [7, 11) is 0. The summed E-state index contributed by atoms with van der Waals surface area (Å²) in [5.41, 5.74) is 0. The van der Waals surface area contributed by atoms with E-state index < -0.39 is 0 Å². The molecule has 1 aromatic rings. The molecule has 1 nitrogen and oxygen atoms in total. The Balaban J connectivity index is 2.59. The number of benzene rings is 1. The van der Waals surface area contributed by atoms with Gasteiger partial charge in [0.05, 0.1) is 5.75 Å². The van der Waals surface area contributed by atoms with Gasteiger partial charge in [-0.05, 0) is 12.1 Å². The fraction of sp³-hybridized carbons (Fsp3) is 0. The predicted octanol–water partition coefficient (Wildman–Crippen LogP) is 2.84. The molecule has 4 heteroatoms.